The molecule has 0 radical (unpaired) electrons. The van der Waals surface area contributed by atoms with Crippen LogP contribution >= 0.6 is 0 Å². The summed E-state index contributed by atoms with van der Waals surface area (Å²) in [6, 6.07) is 3.94. The molecule has 0 aliphatic carbocycles. The number of halogens is 1. The van der Waals surface area contributed by atoms with Crippen molar-refractivity contribution in [3.63, 3.8) is 0 Å². The molecule has 134 valence electrons. The molecule has 24 heavy (non-hydrogen) atoms. The molecule has 0 aromatic heterocycles. The highest BCUT2D eigenvalue weighted by Gasteiger charge is 2.13. The molecule has 0 spiro atoms. The molecule has 0 saturated carbocycles. The minimum Gasteiger partial charge on any atom is -0.393 e. The number of nitrogens with one attached hydrogen (secondary N) is 2. The molecule has 0 saturated heterocycles. The summed E-state index contributed by atoms with van der Waals surface area (Å²) in [4.78, 5) is 23.7. The minimum atomic E-state index is -0.651. The van der Waals surface area contributed by atoms with Crippen molar-refractivity contribution in [3.8, 4) is 0 Å². The lowest BCUT2D eigenvalue weighted by Gasteiger charge is -2.14. The molecule has 1 aromatic carbocycles. The van der Waals surface area contributed by atoms with Crippen molar-refractivity contribution in [2.45, 2.75) is 46.6 Å². The number of benzene rings is 1. The average molecular weight is 338 g/mol. The highest BCUT2D eigenvalue weighted by molar-refractivity contribution is 5.96. The molecule has 1 atom stereocenters. The van der Waals surface area contributed by atoms with Crippen molar-refractivity contribution >= 4 is 17.5 Å². The summed E-state index contributed by atoms with van der Waals surface area (Å²) in [6.07, 6.45) is 0.260. The van der Waals surface area contributed by atoms with E-state index in [1.807, 2.05) is 27.7 Å². The molecule has 0 fully saturated rings. The molecule has 0 aliphatic heterocycles. The van der Waals surface area contributed by atoms with Crippen LogP contribution in [0.5, 0.6) is 0 Å². The van der Waals surface area contributed by atoms with Crippen molar-refractivity contribution in [2.24, 2.45) is 11.8 Å². The highest BCUT2D eigenvalue weighted by atomic mass is 19.1. The van der Waals surface area contributed by atoms with Gasteiger partial charge in [-0.3, -0.25) is 9.59 Å². The van der Waals surface area contributed by atoms with Crippen molar-refractivity contribution in [2.75, 3.05) is 11.9 Å². The van der Waals surface area contributed by atoms with Gasteiger partial charge < -0.3 is 15.7 Å². The van der Waals surface area contributed by atoms with Crippen LogP contribution in [0.15, 0.2) is 18.2 Å². The van der Waals surface area contributed by atoms with Crippen LogP contribution in [0.4, 0.5) is 10.1 Å². The third-order valence-corrected chi connectivity index (χ3v) is 3.59. The number of rotatable bonds is 8. The molecular weight excluding hydrogens is 311 g/mol. The zero-order valence-electron chi connectivity index (χ0n) is 14.7. The van der Waals surface area contributed by atoms with Crippen LogP contribution < -0.4 is 10.6 Å². The fourth-order valence-corrected chi connectivity index (χ4v) is 2.10. The Morgan fingerprint density at radius 2 is 1.88 bits per heavy atom. The van der Waals surface area contributed by atoms with Crippen LogP contribution in [-0.2, 0) is 4.79 Å². The molecule has 1 aromatic rings. The van der Waals surface area contributed by atoms with Crippen LogP contribution in [-0.4, -0.2) is 29.6 Å². The number of carbonyl (C=O) groups excluding carboxylic acids is 2. The Kier molecular flexibility index (Phi) is 7.85. The molecule has 0 heterocycles. The molecule has 0 aliphatic rings. The summed E-state index contributed by atoms with van der Waals surface area (Å²) in [5, 5.41) is 14.8. The Bertz CT molecular complexity index is 573. The molecule has 0 bridgehead atoms. The predicted octanol–water partition coefficient (Wildman–Crippen LogP) is 2.95. The second-order valence-electron chi connectivity index (χ2n) is 6.70. The van der Waals surface area contributed by atoms with E-state index in [0.29, 0.717) is 19.4 Å². The van der Waals surface area contributed by atoms with Crippen molar-refractivity contribution < 1.29 is 19.1 Å². The first-order valence-electron chi connectivity index (χ1n) is 8.26. The lowest BCUT2D eigenvalue weighted by molar-refractivity contribution is -0.116. The Labute approximate surface area is 142 Å². The van der Waals surface area contributed by atoms with Crippen LogP contribution in [0.1, 0.15) is 50.9 Å². The largest absolute Gasteiger partial charge is 0.393 e. The van der Waals surface area contributed by atoms with Gasteiger partial charge in [-0.2, -0.15) is 0 Å². The van der Waals surface area contributed by atoms with E-state index < -0.39 is 17.8 Å². The van der Waals surface area contributed by atoms with Crippen LogP contribution in [0.2, 0.25) is 0 Å². The molecule has 2 amide bonds. The van der Waals surface area contributed by atoms with Gasteiger partial charge >= 0.3 is 0 Å². The maximum absolute atomic E-state index is 14.0. The number of anilines is 1. The number of carbonyl (C=O) groups is 2. The summed E-state index contributed by atoms with van der Waals surface area (Å²) in [5.74, 6) is -1.02. The molecule has 1 unspecified atom stereocenters. The number of aliphatic hydroxyl groups is 1. The van der Waals surface area contributed by atoms with E-state index in [0.717, 1.165) is 6.07 Å². The lowest BCUT2D eigenvalue weighted by atomic mass is 10.0. The fourth-order valence-electron chi connectivity index (χ4n) is 2.10. The average Bonchev–Trinajstić information content (AvgIpc) is 2.48. The maximum Gasteiger partial charge on any atom is 0.251 e. The van der Waals surface area contributed by atoms with Gasteiger partial charge in [0.2, 0.25) is 5.91 Å². The second-order valence-corrected chi connectivity index (χ2v) is 6.70. The number of hydrogen-bond acceptors (Lipinski definition) is 3. The molecule has 1 rings (SSSR count). The smallest absolute Gasteiger partial charge is 0.251 e. The Morgan fingerprint density at radius 3 is 2.42 bits per heavy atom. The van der Waals surface area contributed by atoms with Crippen LogP contribution in [0.3, 0.4) is 0 Å². The first-order valence-corrected chi connectivity index (χ1v) is 8.26. The van der Waals surface area contributed by atoms with E-state index >= 15 is 0 Å². The Hall–Kier alpha value is -1.95. The van der Waals surface area contributed by atoms with Gasteiger partial charge in [0.25, 0.3) is 5.91 Å². The van der Waals surface area contributed by atoms with Gasteiger partial charge in [-0.25, -0.2) is 4.39 Å². The van der Waals surface area contributed by atoms with Gasteiger partial charge in [-0.05, 0) is 36.5 Å². The van der Waals surface area contributed by atoms with Crippen molar-refractivity contribution in [1.82, 2.24) is 5.32 Å². The zero-order valence-corrected chi connectivity index (χ0v) is 14.7. The third kappa shape index (κ3) is 6.66. The molecular formula is C18H27FN2O3. The van der Waals surface area contributed by atoms with Gasteiger partial charge in [0.05, 0.1) is 11.8 Å². The first-order chi connectivity index (χ1) is 11.2. The maximum atomic E-state index is 14.0. The summed E-state index contributed by atoms with van der Waals surface area (Å²) in [5.41, 5.74) is 0.237. The summed E-state index contributed by atoms with van der Waals surface area (Å²) < 4.78 is 14.0. The molecule has 3 N–H and O–H groups in total. The fraction of sp³-hybridized carbons (Fsp3) is 0.556. The van der Waals surface area contributed by atoms with Gasteiger partial charge in [0, 0.05) is 18.5 Å². The first kappa shape index (κ1) is 20.1. The van der Waals surface area contributed by atoms with Crippen LogP contribution in [0, 0.1) is 17.7 Å². The number of hydrogen-bond donors (Lipinski definition) is 3. The zero-order chi connectivity index (χ0) is 18.3. The van der Waals surface area contributed by atoms with E-state index in [1.165, 1.54) is 12.1 Å². The SMILES string of the molecule is CC(C)CC(=O)Nc1ccc(C(=O)NCCC(O)C(C)C)cc1F. The van der Waals surface area contributed by atoms with E-state index in [9.17, 15) is 19.1 Å². The van der Waals surface area contributed by atoms with Gasteiger partial charge in [0.15, 0.2) is 0 Å². The number of amides is 2. The summed E-state index contributed by atoms with van der Waals surface area (Å²) in [7, 11) is 0. The van der Waals surface area contributed by atoms with E-state index in [-0.39, 0.29) is 29.0 Å². The van der Waals surface area contributed by atoms with Crippen molar-refractivity contribution in [1.29, 1.82) is 0 Å². The topological polar surface area (TPSA) is 78.4 Å². The molecule has 6 heteroatoms. The van der Waals surface area contributed by atoms with E-state index in [2.05, 4.69) is 10.6 Å². The van der Waals surface area contributed by atoms with Crippen molar-refractivity contribution in [3.05, 3.63) is 29.6 Å². The second kappa shape index (κ2) is 9.37. The number of aliphatic hydroxyl groups excluding tert-OH is 1. The summed E-state index contributed by atoms with van der Waals surface area (Å²) in [6.45, 7) is 7.91. The molecule has 5 nitrogen and oxygen atoms in total. The van der Waals surface area contributed by atoms with E-state index in [1.54, 1.807) is 0 Å². The van der Waals surface area contributed by atoms with Crippen LogP contribution in [0.25, 0.3) is 0 Å². The van der Waals surface area contributed by atoms with Gasteiger partial charge in [-0.1, -0.05) is 27.7 Å². The normalized spacial score (nSPS) is 12.3. The standard InChI is InChI=1S/C18H27FN2O3/c1-11(2)9-17(23)21-15-6-5-13(10-14(15)19)18(24)20-8-7-16(22)12(3)4/h5-6,10-12,16,22H,7-9H2,1-4H3,(H,20,24)(H,21,23). The van der Waals surface area contributed by atoms with E-state index in [4.69, 9.17) is 0 Å². The monoisotopic (exact) mass is 338 g/mol. The third-order valence-electron chi connectivity index (χ3n) is 3.59. The summed E-state index contributed by atoms with van der Waals surface area (Å²) >= 11 is 0. The highest BCUT2D eigenvalue weighted by Crippen LogP contribution is 2.17. The lowest BCUT2D eigenvalue weighted by Crippen LogP contribution is -2.28. The van der Waals surface area contributed by atoms with Gasteiger partial charge in [-0.15, -0.1) is 0 Å². The Morgan fingerprint density at radius 1 is 1.21 bits per heavy atom. The Balaban J connectivity index is 2.60. The minimum absolute atomic E-state index is 0.0624. The predicted molar refractivity (Wildman–Crippen MR) is 92.3 cm³/mol. The quantitative estimate of drug-likeness (QED) is 0.682. The van der Waals surface area contributed by atoms with Gasteiger partial charge in [0.1, 0.15) is 5.82 Å².